The van der Waals surface area contributed by atoms with Crippen LogP contribution in [0.25, 0.3) is 11.1 Å². The minimum Gasteiger partial charge on any atom is -0.480 e. The van der Waals surface area contributed by atoms with E-state index < -0.39 is 52.9 Å². The van der Waals surface area contributed by atoms with Crippen molar-refractivity contribution in [2.24, 2.45) is 5.92 Å². The van der Waals surface area contributed by atoms with Gasteiger partial charge in [0.15, 0.2) is 29.8 Å². The second-order valence-corrected chi connectivity index (χ2v) is 9.90. The van der Waals surface area contributed by atoms with Gasteiger partial charge in [-0.25, -0.2) is 13.2 Å². The second kappa shape index (κ2) is 11.7. The average Bonchev–Trinajstić information content (AvgIpc) is 2.90. The van der Waals surface area contributed by atoms with Crippen LogP contribution in [0.2, 0.25) is 0 Å². The lowest BCUT2D eigenvalue weighted by molar-refractivity contribution is -0.195. The largest absolute Gasteiger partial charge is 0.480 e. The third kappa shape index (κ3) is 6.27. The predicted octanol–water partition coefficient (Wildman–Crippen LogP) is 9.34. The third-order valence-electron chi connectivity index (χ3n) is 7.17. The fourth-order valence-electron chi connectivity index (χ4n) is 5.07. The van der Waals surface area contributed by atoms with E-state index in [0.717, 1.165) is 42.5 Å². The van der Waals surface area contributed by atoms with Crippen molar-refractivity contribution in [3.05, 3.63) is 82.9 Å². The summed E-state index contributed by atoms with van der Waals surface area (Å²) >= 11 is 0. The molecule has 0 unspecified atom stereocenters. The molecule has 4 rings (SSSR count). The molecule has 1 aliphatic carbocycles. The van der Waals surface area contributed by atoms with Crippen LogP contribution in [0, 0.1) is 36.1 Å². The van der Waals surface area contributed by atoms with Gasteiger partial charge in [-0.3, -0.25) is 0 Å². The van der Waals surface area contributed by atoms with Crippen LogP contribution < -0.4 is 9.47 Å². The van der Waals surface area contributed by atoms with E-state index in [9.17, 15) is 26.3 Å². The lowest BCUT2D eigenvalue weighted by Gasteiger charge is -2.28. The van der Waals surface area contributed by atoms with Crippen molar-refractivity contribution in [3.63, 3.8) is 0 Å². The highest BCUT2D eigenvalue weighted by Gasteiger charge is 2.34. The van der Waals surface area contributed by atoms with Gasteiger partial charge in [-0.2, -0.15) is 13.2 Å². The molecule has 0 aromatic heterocycles. The van der Waals surface area contributed by atoms with Gasteiger partial charge in [0.1, 0.15) is 5.75 Å². The third-order valence-corrected chi connectivity index (χ3v) is 7.17. The van der Waals surface area contributed by atoms with Crippen molar-refractivity contribution in [1.29, 1.82) is 0 Å². The first kappa shape index (κ1) is 27.9. The minimum atomic E-state index is -3.84. The van der Waals surface area contributed by atoms with Gasteiger partial charge >= 0.3 is 6.11 Å². The van der Waals surface area contributed by atoms with Crippen molar-refractivity contribution in [1.82, 2.24) is 0 Å². The fraction of sp³-hybridized carbons (Fsp3) is 0.400. The summed E-state index contributed by atoms with van der Waals surface area (Å²) in [5.41, 5.74) is 0.0169. The zero-order valence-electron chi connectivity index (χ0n) is 21.3. The monoisotopic (exact) mass is 536 g/mol. The lowest BCUT2D eigenvalue weighted by Crippen LogP contribution is -2.32. The lowest BCUT2D eigenvalue weighted by atomic mass is 9.77. The molecule has 1 aliphatic rings. The number of halogens is 6. The van der Waals surface area contributed by atoms with Crippen LogP contribution in [0.5, 0.6) is 11.5 Å². The van der Waals surface area contributed by atoms with Crippen LogP contribution in [0.1, 0.15) is 62.5 Å². The van der Waals surface area contributed by atoms with Gasteiger partial charge in [0, 0.05) is 11.1 Å². The molecule has 0 amide bonds. The first-order valence-corrected chi connectivity index (χ1v) is 12.8. The van der Waals surface area contributed by atoms with Gasteiger partial charge < -0.3 is 9.47 Å². The number of ether oxygens (including phenoxy) is 2. The fourth-order valence-corrected chi connectivity index (χ4v) is 5.07. The maximum absolute atomic E-state index is 14.6. The molecule has 204 valence electrons. The predicted molar refractivity (Wildman–Crippen MR) is 134 cm³/mol. The molecule has 3 aromatic rings. The van der Waals surface area contributed by atoms with Crippen LogP contribution in [-0.2, 0) is 0 Å². The molecular weight excluding hydrogens is 506 g/mol. The van der Waals surface area contributed by atoms with Crippen molar-refractivity contribution in [2.45, 2.75) is 64.4 Å². The van der Waals surface area contributed by atoms with E-state index in [4.69, 9.17) is 9.47 Å². The normalized spacial score (nSPS) is 17.9. The maximum atomic E-state index is 14.6. The zero-order valence-corrected chi connectivity index (χ0v) is 21.3. The number of hydrogen-bond acceptors (Lipinski definition) is 2. The van der Waals surface area contributed by atoms with E-state index in [-0.39, 0.29) is 11.3 Å². The highest BCUT2D eigenvalue weighted by Crippen LogP contribution is 2.38. The van der Waals surface area contributed by atoms with Gasteiger partial charge in [0.05, 0.1) is 0 Å². The van der Waals surface area contributed by atoms with E-state index in [0.29, 0.717) is 5.92 Å². The highest BCUT2D eigenvalue weighted by atomic mass is 19.3. The first-order chi connectivity index (χ1) is 18.1. The van der Waals surface area contributed by atoms with Gasteiger partial charge in [-0.15, -0.1) is 0 Å². The molecule has 0 N–H and O–H groups in total. The molecule has 8 heteroatoms. The number of hydrogen-bond donors (Lipinski definition) is 0. The Hall–Kier alpha value is -3.16. The first-order valence-electron chi connectivity index (χ1n) is 12.8. The summed E-state index contributed by atoms with van der Waals surface area (Å²) in [4.78, 5) is 0. The summed E-state index contributed by atoms with van der Waals surface area (Å²) < 4.78 is 95.7. The molecule has 0 saturated heterocycles. The van der Waals surface area contributed by atoms with E-state index in [1.165, 1.54) is 50.8 Å². The number of rotatable bonds is 9. The van der Waals surface area contributed by atoms with Gasteiger partial charge in [-0.1, -0.05) is 44.0 Å². The van der Waals surface area contributed by atoms with E-state index in [1.807, 2.05) is 0 Å². The Kier molecular flexibility index (Phi) is 8.58. The number of benzene rings is 3. The molecule has 1 fully saturated rings. The molecule has 1 saturated carbocycles. The van der Waals surface area contributed by atoms with Crippen LogP contribution >= 0.6 is 0 Å². The smallest absolute Gasteiger partial charge is 0.432 e. The highest BCUT2D eigenvalue weighted by molar-refractivity contribution is 5.66. The minimum absolute atomic E-state index is 0.00140. The van der Waals surface area contributed by atoms with Crippen molar-refractivity contribution >= 4 is 0 Å². The Morgan fingerprint density at radius 3 is 2.00 bits per heavy atom. The van der Waals surface area contributed by atoms with Crippen LogP contribution in [0.15, 0.2) is 48.5 Å². The molecule has 0 radical (unpaired) electrons. The summed E-state index contributed by atoms with van der Waals surface area (Å²) in [6.07, 6.45) is 3.06. The molecular formula is C30H30F6O2. The Morgan fingerprint density at radius 2 is 1.37 bits per heavy atom. The molecule has 0 heterocycles. The summed E-state index contributed by atoms with van der Waals surface area (Å²) in [5, 5.41) is 0. The van der Waals surface area contributed by atoms with E-state index >= 15 is 0 Å². The molecule has 3 aromatic carbocycles. The number of alkyl halides is 2. The molecule has 0 bridgehead atoms. The summed E-state index contributed by atoms with van der Waals surface area (Å²) in [6, 6.07) is 10.6. The Balaban J connectivity index is 1.38. The molecule has 2 nitrogen and oxygen atoms in total. The van der Waals surface area contributed by atoms with Gasteiger partial charge in [0.25, 0.3) is 0 Å². The van der Waals surface area contributed by atoms with Crippen molar-refractivity contribution in [3.8, 4) is 22.6 Å². The number of aryl methyl sites for hydroxylation is 1. The van der Waals surface area contributed by atoms with E-state index in [2.05, 4.69) is 6.92 Å². The topological polar surface area (TPSA) is 18.5 Å². The average molecular weight is 537 g/mol. The summed E-state index contributed by atoms with van der Waals surface area (Å²) in [6.45, 7) is 2.12. The standard InChI is InChI=1S/C30H30F6O2/c1-3-4-19-6-8-20(9-7-19)21-10-12-22(13-11-21)38-30(35,36)17-37-25-16-15-24(28(33)29(25)34)23-14-5-18(2)26(31)27(23)32/h5,10-16,19-20H,3-4,6-9,17H2,1-2H3. The SMILES string of the molecule is CCCC1CCC(c2ccc(OC(F)(F)COc3ccc(-c4ccc(C)c(F)c4F)c(F)c3F)cc2)CC1. The van der Waals surface area contributed by atoms with E-state index in [1.54, 1.807) is 12.1 Å². The van der Waals surface area contributed by atoms with Crippen molar-refractivity contribution in [2.75, 3.05) is 6.61 Å². The Morgan fingerprint density at radius 1 is 0.763 bits per heavy atom. The van der Waals surface area contributed by atoms with Crippen LogP contribution in [0.4, 0.5) is 26.3 Å². The van der Waals surface area contributed by atoms with Crippen molar-refractivity contribution < 1.29 is 35.8 Å². The molecule has 0 spiro atoms. The van der Waals surface area contributed by atoms with Crippen LogP contribution in [-0.4, -0.2) is 12.7 Å². The molecule has 0 atom stereocenters. The summed E-state index contributed by atoms with van der Waals surface area (Å²) in [5.74, 6) is -5.41. The zero-order chi connectivity index (χ0) is 27.4. The van der Waals surface area contributed by atoms with Crippen LogP contribution in [0.3, 0.4) is 0 Å². The summed E-state index contributed by atoms with van der Waals surface area (Å²) in [7, 11) is 0. The molecule has 38 heavy (non-hydrogen) atoms. The maximum Gasteiger partial charge on any atom is 0.432 e. The van der Waals surface area contributed by atoms with Gasteiger partial charge in [0.2, 0.25) is 5.82 Å². The molecule has 0 aliphatic heterocycles. The second-order valence-electron chi connectivity index (χ2n) is 9.90. The van der Waals surface area contributed by atoms with Gasteiger partial charge in [-0.05, 0) is 79.8 Å². The quantitative estimate of drug-likeness (QED) is 0.254. The Bertz CT molecular complexity index is 1250. The Labute approximate surface area is 218 Å².